The van der Waals surface area contributed by atoms with Gasteiger partial charge in [0.2, 0.25) is 0 Å². The lowest BCUT2D eigenvalue weighted by Crippen LogP contribution is -2.39. The van der Waals surface area contributed by atoms with Crippen LogP contribution in [-0.2, 0) is 6.54 Å². The largest absolute Gasteiger partial charge is 0.306 e. The van der Waals surface area contributed by atoms with Crippen molar-refractivity contribution < 1.29 is 0 Å². The van der Waals surface area contributed by atoms with Crippen molar-refractivity contribution >= 4 is 5.65 Å². The normalized spacial score (nSPS) is 17.9. The number of nitrogens with one attached hydrogen (secondary N) is 1. The maximum absolute atomic E-state index is 12.0. The quantitative estimate of drug-likeness (QED) is 0.916. The van der Waals surface area contributed by atoms with Gasteiger partial charge in [-0.1, -0.05) is 18.9 Å². The van der Waals surface area contributed by atoms with Gasteiger partial charge < -0.3 is 5.32 Å². The van der Waals surface area contributed by atoms with Crippen LogP contribution < -0.4 is 10.9 Å². The molecule has 2 heterocycles. The highest BCUT2D eigenvalue weighted by atomic mass is 16.1. The van der Waals surface area contributed by atoms with Crippen LogP contribution >= 0.6 is 0 Å². The Kier molecular flexibility index (Phi) is 3.11. The van der Waals surface area contributed by atoms with Gasteiger partial charge in [0.1, 0.15) is 5.65 Å². The minimum absolute atomic E-state index is 0.0148. The van der Waals surface area contributed by atoms with Crippen LogP contribution in [0.1, 0.15) is 38.3 Å². The van der Waals surface area contributed by atoms with E-state index in [1.54, 1.807) is 16.7 Å². The van der Waals surface area contributed by atoms with Gasteiger partial charge in [0.05, 0.1) is 5.69 Å². The third-order valence-electron chi connectivity index (χ3n) is 4.03. The molecule has 0 unspecified atom stereocenters. The van der Waals surface area contributed by atoms with Gasteiger partial charge in [0.15, 0.2) is 0 Å². The SMILES string of the molecule is CC1(NCc2cc(=O)n3ccccc3n2)CCCC1. The van der Waals surface area contributed by atoms with Crippen LogP contribution in [0.2, 0.25) is 0 Å². The third kappa shape index (κ3) is 2.54. The second-order valence-corrected chi connectivity index (χ2v) is 5.64. The number of hydrogen-bond acceptors (Lipinski definition) is 3. The first-order valence-corrected chi connectivity index (χ1v) is 6.89. The summed E-state index contributed by atoms with van der Waals surface area (Å²) in [7, 11) is 0. The molecule has 100 valence electrons. The molecule has 1 fully saturated rings. The fraction of sp³-hybridized carbons (Fsp3) is 0.467. The molecule has 0 radical (unpaired) electrons. The van der Waals surface area contributed by atoms with Crippen LogP contribution in [-0.4, -0.2) is 14.9 Å². The second-order valence-electron chi connectivity index (χ2n) is 5.64. The molecule has 0 amide bonds. The van der Waals surface area contributed by atoms with E-state index >= 15 is 0 Å². The molecule has 1 saturated carbocycles. The highest BCUT2D eigenvalue weighted by Gasteiger charge is 2.27. The Morgan fingerprint density at radius 1 is 1.37 bits per heavy atom. The summed E-state index contributed by atoms with van der Waals surface area (Å²) >= 11 is 0. The Bertz CT molecular complexity index is 641. The lowest BCUT2D eigenvalue weighted by atomic mass is 10.0. The van der Waals surface area contributed by atoms with Crippen molar-refractivity contribution in [2.24, 2.45) is 0 Å². The van der Waals surface area contributed by atoms with Crippen molar-refractivity contribution in [2.75, 3.05) is 0 Å². The Hall–Kier alpha value is -1.68. The van der Waals surface area contributed by atoms with Gasteiger partial charge in [-0.25, -0.2) is 4.98 Å². The topological polar surface area (TPSA) is 46.4 Å². The Morgan fingerprint density at radius 3 is 2.95 bits per heavy atom. The van der Waals surface area contributed by atoms with Crippen molar-refractivity contribution in [1.29, 1.82) is 0 Å². The molecule has 0 spiro atoms. The molecule has 0 atom stereocenters. The van der Waals surface area contributed by atoms with Crippen LogP contribution in [0.25, 0.3) is 5.65 Å². The van der Waals surface area contributed by atoms with Gasteiger partial charge in [0, 0.05) is 24.3 Å². The van der Waals surface area contributed by atoms with Crippen LogP contribution in [0.4, 0.5) is 0 Å². The predicted molar refractivity (Wildman–Crippen MR) is 75.2 cm³/mol. The zero-order chi connectivity index (χ0) is 13.3. The van der Waals surface area contributed by atoms with E-state index in [9.17, 15) is 4.79 Å². The van der Waals surface area contributed by atoms with E-state index in [0.29, 0.717) is 12.2 Å². The Morgan fingerprint density at radius 2 is 2.16 bits per heavy atom. The van der Waals surface area contributed by atoms with Gasteiger partial charge >= 0.3 is 0 Å². The van der Waals surface area contributed by atoms with Crippen LogP contribution in [0, 0.1) is 0 Å². The van der Waals surface area contributed by atoms with Crippen molar-refractivity contribution in [3.05, 3.63) is 46.5 Å². The summed E-state index contributed by atoms with van der Waals surface area (Å²) < 4.78 is 1.57. The standard InChI is InChI=1S/C15H19N3O/c1-15(7-3-4-8-15)16-11-12-10-14(19)18-9-5-2-6-13(18)17-12/h2,5-6,9-10,16H,3-4,7-8,11H2,1H3. The zero-order valence-corrected chi connectivity index (χ0v) is 11.2. The number of hydrogen-bond donors (Lipinski definition) is 1. The number of nitrogens with zero attached hydrogens (tertiary/aromatic N) is 2. The van der Waals surface area contributed by atoms with Crippen molar-refractivity contribution in [3.63, 3.8) is 0 Å². The monoisotopic (exact) mass is 257 g/mol. The van der Waals surface area contributed by atoms with Gasteiger partial charge in [-0.3, -0.25) is 9.20 Å². The summed E-state index contributed by atoms with van der Waals surface area (Å²) in [5, 5.41) is 3.56. The molecule has 4 heteroatoms. The minimum atomic E-state index is -0.0148. The third-order valence-corrected chi connectivity index (χ3v) is 4.03. The van der Waals surface area contributed by atoms with Crippen LogP contribution in [0.3, 0.4) is 0 Å². The predicted octanol–water partition coefficient (Wildman–Crippen LogP) is 2.12. The average Bonchev–Trinajstić information content (AvgIpc) is 2.84. The number of rotatable bonds is 3. The highest BCUT2D eigenvalue weighted by Crippen LogP contribution is 2.28. The number of pyridine rings is 1. The Balaban J connectivity index is 1.83. The fourth-order valence-electron chi connectivity index (χ4n) is 2.83. The van der Waals surface area contributed by atoms with Gasteiger partial charge in [-0.2, -0.15) is 0 Å². The summed E-state index contributed by atoms with van der Waals surface area (Å²) in [6.45, 7) is 2.92. The molecule has 3 rings (SSSR count). The highest BCUT2D eigenvalue weighted by molar-refractivity contribution is 5.37. The molecule has 0 aliphatic heterocycles. The van der Waals surface area contributed by atoms with Crippen LogP contribution in [0.15, 0.2) is 35.3 Å². The smallest absolute Gasteiger partial charge is 0.258 e. The summed E-state index contributed by atoms with van der Waals surface area (Å²) in [6, 6.07) is 7.23. The minimum Gasteiger partial charge on any atom is -0.306 e. The first kappa shape index (κ1) is 12.4. The average molecular weight is 257 g/mol. The lowest BCUT2D eigenvalue weighted by molar-refractivity contribution is 0.360. The maximum atomic E-state index is 12.0. The van der Waals surface area contributed by atoms with E-state index in [0.717, 1.165) is 5.69 Å². The molecule has 2 aromatic heterocycles. The van der Waals surface area contributed by atoms with Crippen molar-refractivity contribution in [1.82, 2.24) is 14.7 Å². The lowest BCUT2D eigenvalue weighted by Gasteiger charge is -2.25. The van der Waals surface area contributed by atoms with E-state index in [-0.39, 0.29) is 11.1 Å². The maximum Gasteiger partial charge on any atom is 0.258 e. The second kappa shape index (κ2) is 4.78. The molecule has 0 saturated heterocycles. The van der Waals surface area contributed by atoms with E-state index in [2.05, 4.69) is 17.2 Å². The first-order valence-electron chi connectivity index (χ1n) is 6.89. The van der Waals surface area contributed by atoms with E-state index in [1.165, 1.54) is 25.7 Å². The number of fused-ring (bicyclic) bond motifs is 1. The molecule has 1 aliphatic rings. The van der Waals surface area contributed by atoms with Gasteiger partial charge in [-0.05, 0) is 31.9 Å². The van der Waals surface area contributed by atoms with Crippen molar-refractivity contribution in [3.8, 4) is 0 Å². The van der Waals surface area contributed by atoms with E-state index < -0.39 is 0 Å². The molecule has 0 aromatic carbocycles. The van der Waals surface area contributed by atoms with Crippen LogP contribution in [0.5, 0.6) is 0 Å². The summed E-state index contributed by atoms with van der Waals surface area (Å²) in [5.41, 5.74) is 1.73. The van der Waals surface area contributed by atoms with Crippen molar-refractivity contribution in [2.45, 2.75) is 44.7 Å². The first-order chi connectivity index (χ1) is 9.16. The fourth-order valence-corrected chi connectivity index (χ4v) is 2.83. The molecule has 0 bridgehead atoms. The summed E-state index contributed by atoms with van der Waals surface area (Å²) in [6.07, 6.45) is 6.74. The summed E-state index contributed by atoms with van der Waals surface area (Å²) in [5.74, 6) is 0. The molecular formula is C15H19N3O. The molecule has 1 aliphatic carbocycles. The Labute approximate surface area is 112 Å². The molecular weight excluding hydrogens is 238 g/mol. The number of aromatic nitrogens is 2. The van der Waals surface area contributed by atoms with Gasteiger partial charge in [-0.15, -0.1) is 0 Å². The molecule has 1 N–H and O–H groups in total. The molecule has 19 heavy (non-hydrogen) atoms. The molecule has 2 aromatic rings. The van der Waals surface area contributed by atoms with E-state index in [1.807, 2.05) is 18.2 Å². The van der Waals surface area contributed by atoms with E-state index in [4.69, 9.17) is 0 Å². The molecule has 4 nitrogen and oxygen atoms in total. The summed E-state index contributed by atoms with van der Waals surface area (Å²) in [4.78, 5) is 16.5. The zero-order valence-electron chi connectivity index (χ0n) is 11.2. The van der Waals surface area contributed by atoms with Gasteiger partial charge in [0.25, 0.3) is 5.56 Å².